The number of carbonyl (C=O) groups excluding carboxylic acids is 1. The number of rotatable bonds is 2. The second-order valence-corrected chi connectivity index (χ2v) is 4.31. The van der Waals surface area contributed by atoms with Gasteiger partial charge < -0.3 is 0 Å². The van der Waals surface area contributed by atoms with Crippen LogP contribution in [-0.2, 0) is 0 Å². The molecule has 0 aliphatic rings. The summed E-state index contributed by atoms with van der Waals surface area (Å²) in [7, 11) is 0. The number of Topliss-reactive ketones (excluding diaryl/α,β-unsaturated/α-hetero) is 1. The lowest BCUT2D eigenvalue weighted by molar-refractivity contribution is 0.102. The molecule has 0 N–H and O–H groups in total. The zero-order valence-corrected chi connectivity index (χ0v) is 10.4. The van der Waals surface area contributed by atoms with Gasteiger partial charge in [0.2, 0.25) is 0 Å². The summed E-state index contributed by atoms with van der Waals surface area (Å²) < 4.78 is 0.873. The molecule has 0 spiro atoms. The van der Waals surface area contributed by atoms with E-state index in [1.54, 1.807) is 19.1 Å². The van der Waals surface area contributed by atoms with Crippen LogP contribution in [0, 0.1) is 21.8 Å². The van der Waals surface area contributed by atoms with Crippen molar-refractivity contribution < 1.29 is 4.79 Å². The molecule has 0 bridgehead atoms. The minimum absolute atomic E-state index is 0.0498. The average Bonchev–Trinajstić information content (AvgIpc) is 2.19. The first-order chi connectivity index (χ1) is 6.60. The van der Waals surface area contributed by atoms with Gasteiger partial charge in [0.25, 0.3) is 0 Å². The summed E-state index contributed by atoms with van der Waals surface area (Å²) in [5.41, 5.74) is 1.78. The maximum absolute atomic E-state index is 11.4. The van der Waals surface area contributed by atoms with Gasteiger partial charge in [-0.15, -0.1) is 11.6 Å². The van der Waals surface area contributed by atoms with Gasteiger partial charge >= 0.3 is 0 Å². The molecule has 0 fully saturated rings. The first-order valence-corrected chi connectivity index (χ1v) is 5.51. The molecule has 0 atom stereocenters. The molecule has 14 heavy (non-hydrogen) atoms. The molecule has 0 aliphatic carbocycles. The van der Waals surface area contributed by atoms with Gasteiger partial charge in [0.1, 0.15) is 0 Å². The molecule has 1 rings (SSSR count). The number of nitrogens with zero attached hydrogens (tertiary/aromatic N) is 1. The molecule has 0 aromatic heterocycles. The fraction of sp³-hybridized carbons (Fsp3) is 0.200. The third-order valence-electron chi connectivity index (χ3n) is 1.91. The van der Waals surface area contributed by atoms with Crippen molar-refractivity contribution in [2.45, 2.75) is 6.92 Å². The molecule has 1 aromatic carbocycles. The van der Waals surface area contributed by atoms with Crippen LogP contribution in [0.1, 0.15) is 21.5 Å². The van der Waals surface area contributed by atoms with E-state index < -0.39 is 0 Å². The number of benzene rings is 1. The Morgan fingerprint density at radius 2 is 2.29 bits per heavy atom. The van der Waals surface area contributed by atoms with Crippen molar-refractivity contribution in [2.75, 3.05) is 5.88 Å². The SMILES string of the molecule is Cc1c(C#N)cc(I)cc1C(=O)CCl. The standard InChI is InChI=1S/C10H7ClINO/c1-6-7(5-13)2-8(12)3-9(6)10(14)4-11/h2-3H,4H2,1H3. The highest BCUT2D eigenvalue weighted by Gasteiger charge is 2.11. The van der Waals surface area contributed by atoms with E-state index in [1.807, 2.05) is 0 Å². The van der Waals surface area contributed by atoms with E-state index in [9.17, 15) is 4.79 Å². The molecule has 2 nitrogen and oxygen atoms in total. The fourth-order valence-corrected chi connectivity index (χ4v) is 1.92. The Bertz CT molecular complexity index is 423. The van der Waals surface area contributed by atoms with Crippen LogP contribution in [0.15, 0.2) is 12.1 Å². The predicted molar refractivity (Wildman–Crippen MR) is 63.7 cm³/mol. The van der Waals surface area contributed by atoms with Gasteiger partial charge in [-0.3, -0.25) is 4.79 Å². The number of ketones is 1. The van der Waals surface area contributed by atoms with Crippen LogP contribution in [-0.4, -0.2) is 11.7 Å². The quantitative estimate of drug-likeness (QED) is 0.478. The Hall–Kier alpha value is -0.600. The van der Waals surface area contributed by atoms with Crippen LogP contribution >= 0.6 is 34.2 Å². The van der Waals surface area contributed by atoms with Crippen molar-refractivity contribution in [3.63, 3.8) is 0 Å². The van der Waals surface area contributed by atoms with E-state index in [-0.39, 0.29) is 11.7 Å². The second kappa shape index (κ2) is 4.76. The fourth-order valence-electron chi connectivity index (χ4n) is 1.16. The van der Waals surface area contributed by atoms with Gasteiger partial charge in [0.05, 0.1) is 17.5 Å². The van der Waals surface area contributed by atoms with E-state index in [0.29, 0.717) is 16.7 Å². The molecular formula is C10H7ClINO. The number of alkyl halides is 1. The molecule has 0 amide bonds. The van der Waals surface area contributed by atoms with Gasteiger partial charge in [-0.25, -0.2) is 0 Å². The molecule has 0 aliphatic heterocycles. The maximum atomic E-state index is 11.4. The van der Waals surface area contributed by atoms with Crippen molar-refractivity contribution in [1.29, 1.82) is 5.26 Å². The van der Waals surface area contributed by atoms with E-state index in [4.69, 9.17) is 16.9 Å². The lowest BCUT2D eigenvalue weighted by Crippen LogP contribution is -2.05. The van der Waals surface area contributed by atoms with Gasteiger partial charge in [-0.2, -0.15) is 5.26 Å². The molecule has 0 radical (unpaired) electrons. The molecule has 0 heterocycles. The third kappa shape index (κ3) is 2.25. The largest absolute Gasteiger partial charge is 0.293 e. The Kier molecular flexibility index (Phi) is 3.90. The molecule has 72 valence electrons. The Labute approximate surface area is 101 Å². The van der Waals surface area contributed by atoms with Crippen LogP contribution in [0.3, 0.4) is 0 Å². The molecular weight excluding hydrogens is 312 g/mol. The summed E-state index contributed by atoms with van der Waals surface area (Å²) in [4.78, 5) is 11.4. The van der Waals surface area contributed by atoms with E-state index in [1.165, 1.54) is 0 Å². The van der Waals surface area contributed by atoms with Gasteiger partial charge in [-0.05, 0) is 47.2 Å². The molecule has 0 saturated heterocycles. The zero-order chi connectivity index (χ0) is 10.7. The first kappa shape index (κ1) is 11.5. The average molecular weight is 320 g/mol. The molecule has 0 saturated carbocycles. The lowest BCUT2D eigenvalue weighted by Gasteiger charge is -2.05. The monoisotopic (exact) mass is 319 g/mol. The third-order valence-corrected chi connectivity index (χ3v) is 2.78. The highest BCUT2D eigenvalue weighted by atomic mass is 127. The van der Waals surface area contributed by atoms with Crippen molar-refractivity contribution in [2.24, 2.45) is 0 Å². The Balaban J connectivity index is 3.38. The lowest BCUT2D eigenvalue weighted by atomic mass is 10.0. The smallest absolute Gasteiger partial charge is 0.177 e. The van der Waals surface area contributed by atoms with Crippen LogP contribution in [0.25, 0.3) is 0 Å². The summed E-state index contributed by atoms with van der Waals surface area (Å²) in [6.45, 7) is 1.76. The summed E-state index contributed by atoms with van der Waals surface area (Å²) in [5.74, 6) is -0.189. The molecule has 4 heteroatoms. The first-order valence-electron chi connectivity index (χ1n) is 3.89. The summed E-state index contributed by atoms with van der Waals surface area (Å²) in [5, 5.41) is 8.82. The van der Waals surface area contributed by atoms with Gasteiger partial charge in [-0.1, -0.05) is 0 Å². The summed E-state index contributed by atoms with van der Waals surface area (Å²) >= 11 is 7.55. The maximum Gasteiger partial charge on any atom is 0.177 e. The van der Waals surface area contributed by atoms with E-state index in [2.05, 4.69) is 28.7 Å². The van der Waals surface area contributed by atoms with Gasteiger partial charge in [0, 0.05) is 9.13 Å². The zero-order valence-electron chi connectivity index (χ0n) is 7.47. The Morgan fingerprint density at radius 3 is 2.79 bits per heavy atom. The minimum Gasteiger partial charge on any atom is -0.293 e. The van der Waals surface area contributed by atoms with E-state index in [0.717, 1.165) is 3.57 Å². The van der Waals surface area contributed by atoms with Crippen LogP contribution in [0.5, 0.6) is 0 Å². The van der Waals surface area contributed by atoms with Crippen LogP contribution in [0.2, 0.25) is 0 Å². The second-order valence-electron chi connectivity index (χ2n) is 2.79. The minimum atomic E-state index is -0.140. The van der Waals surface area contributed by atoms with E-state index >= 15 is 0 Å². The van der Waals surface area contributed by atoms with Gasteiger partial charge in [0.15, 0.2) is 5.78 Å². The number of nitriles is 1. The highest BCUT2D eigenvalue weighted by Crippen LogP contribution is 2.18. The topological polar surface area (TPSA) is 40.9 Å². The Morgan fingerprint density at radius 1 is 1.64 bits per heavy atom. The highest BCUT2D eigenvalue weighted by molar-refractivity contribution is 14.1. The number of hydrogen-bond donors (Lipinski definition) is 0. The van der Waals surface area contributed by atoms with Crippen LogP contribution < -0.4 is 0 Å². The number of carbonyl (C=O) groups is 1. The van der Waals surface area contributed by atoms with Crippen molar-refractivity contribution in [3.05, 3.63) is 32.4 Å². The number of halogens is 2. The summed E-state index contributed by atoms with van der Waals surface area (Å²) in [6, 6.07) is 5.56. The molecule has 1 aromatic rings. The van der Waals surface area contributed by atoms with Crippen molar-refractivity contribution in [3.8, 4) is 6.07 Å². The normalized spacial score (nSPS) is 9.57. The molecule has 0 unspecified atom stereocenters. The predicted octanol–water partition coefficient (Wildman–Crippen LogP) is 2.89. The van der Waals surface area contributed by atoms with Crippen molar-refractivity contribution >= 4 is 40.0 Å². The number of hydrogen-bond acceptors (Lipinski definition) is 2. The van der Waals surface area contributed by atoms with Crippen molar-refractivity contribution in [1.82, 2.24) is 0 Å². The summed E-state index contributed by atoms with van der Waals surface area (Å²) in [6.07, 6.45) is 0. The van der Waals surface area contributed by atoms with Crippen LogP contribution in [0.4, 0.5) is 0 Å².